The SMILES string of the molecule is Cc1c(Sc2cccc(C(=O)O)c2)c2ccc(Cl)cc2n1-c1ccc(C(F)(F)F)nc1. The summed E-state index contributed by atoms with van der Waals surface area (Å²) in [6.07, 6.45) is -3.35. The van der Waals surface area contributed by atoms with Gasteiger partial charge in [-0.05, 0) is 49.4 Å². The summed E-state index contributed by atoms with van der Waals surface area (Å²) < 4.78 is 40.5. The molecule has 0 fully saturated rings. The fraction of sp³-hybridized carbons (Fsp3) is 0.0909. The lowest BCUT2D eigenvalue weighted by Crippen LogP contribution is -2.08. The third kappa shape index (κ3) is 4.13. The van der Waals surface area contributed by atoms with Crippen molar-refractivity contribution in [2.24, 2.45) is 0 Å². The van der Waals surface area contributed by atoms with Gasteiger partial charge >= 0.3 is 12.1 Å². The molecule has 158 valence electrons. The molecule has 4 aromatic rings. The highest BCUT2D eigenvalue weighted by molar-refractivity contribution is 7.99. The van der Waals surface area contributed by atoms with Gasteiger partial charge in [0.2, 0.25) is 0 Å². The maximum atomic E-state index is 12.9. The lowest BCUT2D eigenvalue weighted by Gasteiger charge is -2.11. The second-order valence-corrected chi connectivity index (χ2v) is 8.27. The predicted molar refractivity (Wildman–Crippen MR) is 113 cm³/mol. The van der Waals surface area contributed by atoms with Crippen LogP contribution in [0.3, 0.4) is 0 Å². The zero-order valence-corrected chi connectivity index (χ0v) is 17.5. The molecule has 0 amide bonds. The molecule has 4 rings (SSSR count). The third-order valence-electron chi connectivity index (χ3n) is 4.71. The number of halogens is 4. The number of pyridine rings is 1. The Labute approximate surface area is 184 Å². The Bertz CT molecular complexity index is 1300. The van der Waals surface area contributed by atoms with Crippen LogP contribution in [0.4, 0.5) is 13.2 Å². The number of benzene rings is 2. The summed E-state index contributed by atoms with van der Waals surface area (Å²) in [5, 5.41) is 10.6. The van der Waals surface area contributed by atoms with Gasteiger partial charge in [-0.15, -0.1) is 0 Å². The van der Waals surface area contributed by atoms with E-state index in [-0.39, 0.29) is 5.56 Å². The molecular weight excluding hydrogens is 449 g/mol. The van der Waals surface area contributed by atoms with Crippen LogP contribution in [0.25, 0.3) is 16.6 Å². The Morgan fingerprint density at radius 3 is 2.55 bits per heavy atom. The Balaban J connectivity index is 1.86. The van der Waals surface area contributed by atoms with E-state index in [4.69, 9.17) is 11.6 Å². The highest BCUT2D eigenvalue weighted by atomic mass is 35.5. The molecule has 2 heterocycles. The monoisotopic (exact) mass is 462 g/mol. The van der Waals surface area contributed by atoms with Crippen LogP contribution in [0.1, 0.15) is 21.7 Å². The van der Waals surface area contributed by atoms with Gasteiger partial charge in [0.25, 0.3) is 0 Å². The molecule has 2 aromatic heterocycles. The summed E-state index contributed by atoms with van der Waals surface area (Å²) in [4.78, 5) is 16.4. The van der Waals surface area contributed by atoms with Crippen molar-refractivity contribution in [1.82, 2.24) is 9.55 Å². The smallest absolute Gasteiger partial charge is 0.433 e. The van der Waals surface area contributed by atoms with E-state index in [0.717, 1.165) is 26.9 Å². The van der Waals surface area contributed by atoms with Crippen molar-refractivity contribution in [3.63, 3.8) is 0 Å². The molecule has 1 N–H and O–H groups in total. The molecule has 0 saturated heterocycles. The quantitative estimate of drug-likeness (QED) is 0.360. The van der Waals surface area contributed by atoms with Crippen LogP contribution in [-0.4, -0.2) is 20.6 Å². The van der Waals surface area contributed by atoms with Crippen molar-refractivity contribution in [2.45, 2.75) is 22.9 Å². The number of carbonyl (C=O) groups is 1. The lowest BCUT2D eigenvalue weighted by molar-refractivity contribution is -0.141. The van der Waals surface area contributed by atoms with E-state index >= 15 is 0 Å². The molecule has 0 unspecified atom stereocenters. The Morgan fingerprint density at radius 1 is 1.13 bits per heavy atom. The Kier molecular flexibility index (Phi) is 5.45. The second-order valence-electron chi connectivity index (χ2n) is 6.75. The average molecular weight is 463 g/mol. The van der Waals surface area contributed by atoms with Crippen LogP contribution < -0.4 is 0 Å². The topological polar surface area (TPSA) is 55.1 Å². The van der Waals surface area contributed by atoms with Gasteiger partial charge < -0.3 is 9.67 Å². The molecular formula is C22H14ClF3N2O2S. The maximum Gasteiger partial charge on any atom is 0.433 e. The molecule has 4 nitrogen and oxygen atoms in total. The highest BCUT2D eigenvalue weighted by Gasteiger charge is 2.32. The van der Waals surface area contributed by atoms with E-state index in [1.165, 1.54) is 30.1 Å². The zero-order chi connectivity index (χ0) is 22.3. The molecule has 0 aliphatic carbocycles. The molecule has 9 heteroatoms. The summed E-state index contributed by atoms with van der Waals surface area (Å²) in [5.74, 6) is -1.02. The van der Waals surface area contributed by atoms with Crippen molar-refractivity contribution in [3.8, 4) is 5.69 Å². The number of nitrogens with zero attached hydrogens (tertiary/aromatic N) is 2. The van der Waals surface area contributed by atoms with Gasteiger partial charge in [0, 0.05) is 25.9 Å². The molecule has 0 spiro atoms. The van der Waals surface area contributed by atoms with Gasteiger partial charge in [-0.3, -0.25) is 0 Å². The van der Waals surface area contributed by atoms with E-state index in [9.17, 15) is 23.1 Å². The fourth-order valence-corrected chi connectivity index (χ4v) is 4.57. The van der Waals surface area contributed by atoms with Gasteiger partial charge in [0.1, 0.15) is 5.69 Å². The number of hydrogen-bond donors (Lipinski definition) is 1. The second kappa shape index (κ2) is 7.94. The van der Waals surface area contributed by atoms with E-state index in [1.54, 1.807) is 34.9 Å². The van der Waals surface area contributed by atoms with Gasteiger partial charge in [-0.1, -0.05) is 35.5 Å². The number of fused-ring (bicyclic) bond motifs is 1. The predicted octanol–water partition coefficient (Wildman–Crippen LogP) is 6.86. The van der Waals surface area contributed by atoms with Gasteiger partial charge in [-0.2, -0.15) is 13.2 Å². The fourth-order valence-electron chi connectivity index (χ4n) is 3.32. The van der Waals surface area contributed by atoms with Crippen molar-refractivity contribution in [2.75, 3.05) is 0 Å². The van der Waals surface area contributed by atoms with Crippen LogP contribution in [0, 0.1) is 6.92 Å². The number of alkyl halides is 3. The Hall–Kier alpha value is -2.97. The third-order valence-corrected chi connectivity index (χ3v) is 6.15. The molecule has 0 aliphatic heterocycles. The minimum absolute atomic E-state index is 0.168. The number of carboxylic acids is 1. The number of aromatic nitrogens is 2. The van der Waals surface area contributed by atoms with Gasteiger partial charge in [-0.25, -0.2) is 9.78 Å². The van der Waals surface area contributed by atoms with Crippen molar-refractivity contribution in [1.29, 1.82) is 0 Å². The molecule has 31 heavy (non-hydrogen) atoms. The first-order valence-electron chi connectivity index (χ1n) is 9.00. The first kappa shape index (κ1) is 21.3. The van der Waals surface area contributed by atoms with Crippen LogP contribution in [0.2, 0.25) is 5.02 Å². The van der Waals surface area contributed by atoms with Crippen molar-refractivity contribution < 1.29 is 23.1 Å². The number of aromatic carboxylic acids is 1. The number of carboxylic acid groups (broad SMARTS) is 1. The van der Waals surface area contributed by atoms with E-state index in [1.807, 2.05) is 13.0 Å². The van der Waals surface area contributed by atoms with Crippen molar-refractivity contribution in [3.05, 3.63) is 82.8 Å². The molecule has 0 bridgehead atoms. The van der Waals surface area contributed by atoms with Crippen LogP contribution in [0.15, 0.2) is 70.6 Å². The summed E-state index contributed by atoms with van der Waals surface area (Å²) in [6.45, 7) is 1.84. The van der Waals surface area contributed by atoms with E-state index in [2.05, 4.69) is 4.98 Å². The van der Waals surface area contributed by atoms with Gasteiger partial charge in [0.15, 0.2) is 0 Å². The summed E-state index contributed by atoms with van der Waals surface area (Å²) in [5.41, 5.74) is 1.14. The minimum Gasteiger partial charge on any atom is -0.478 e. The summed E-state index contributed by atoms with van der Waals surface area (Å²) in [7, 11) is 0. The van der Waals surface area contributed by atoms with Crippen LogP contribution in [-0.2, 0) is 6.18 Å². The van der Waals surface area contributed by atoms with E-state index < -0.39 is 17.8 Å². The molecule has 0 saturated carbocycles. The standard InChI is InChI=1S/C22H14ClF3N2O2S/c1-12-20(31-16-4-2-3-13(9-16)21(29)30)17-7-5-14(23)10-18(17)28(12)15-6-8-19(27-11-15)22(24,25)26/h2-11H,1H3,(H,29,30). The van der Waals surface area contributed by atoms with Crippen LogP contribution in [0.5, 0.6) is 0 Å². The lowest BCUT2D eigenvalue weighted by atomic mass is 10.2. The summed E-state index contributed by atoms with van der Waals surface area (Å²) in [6, 6.07) is 14.2. The maximum absolute atomic E-state index is 12.9. The Morgan fingerprint density at radius 2 is 1.90 bits per heavy atom. The summed E-state index contributed by atoms with van der Waals surface area (Å²) >= 11 is 7.57. The van der Waals surface area contributed by atoms with E-state index in [0.29, 0.717) is 16.2 Å². The van der Waals surface area contributed by atoms with Gasteiger partial charge in [0.05, 0.1) is 23.0 Å². The number of hydrogen-bond acceptors (Lipinski definition) is 3. The highest BCUT2D eigenvalue weighted by Crippen LogP contribution is 2.41. The first-order chi connectivity index (χ1) is 14.6. The molecule has 2 aromatic carbocycles. The molecule has 0 aliphatic rings. The van der Waals surface area contributed by atoms with Crippen LogP contribution >= 0.6 is 23.4 Å². The minimum atomic E-state index is -4.52. The normalized spacial score (nSPS) is 11.8. The average Bonchev–Trinajstić information content (AvgIpc) is 2.98. The molecule has 0 radical (unpaired) electrons. The van der Waals surface area contributed by atoms with Crippen molar-refractivity contribution >= 4 is 40.2 Å². The largest absolute Gasteiger partial charge is 0.478 e. The first-order valence-corrected chi connectivity index (χ1v) is 10.2. The zero-order valence-electron chi connectivity index (χ0n) is 15.9. The number of rotatable bonds is 4. The molecule has 0 atom stereocenters.